The number of carbonyl (C=O) groups excluding carboxylic acids is 1. The summed E-state index contributed by atoms with van der Waals surface area (Å²) in [6, 6.07) is 23.4. The van der Waals surface area contributed by atoms with Crippen molar-refractivity contribution in [3.8, 4) is 22.6 Å². The molecule has 0 saturated carbocycles. The van der Waals surface area contributed by atoms with Gasteiger partial charge in [0.15, 0.2) is 0 Å². The number of aliphatic hydroxyl groups excluding tert-OH is 1. The molecular weight excluding hydrogens is 464 g/mol. The molecule has 3 aromatic rings. The fraction of sp³-hybridized carbons (Fsp3) is 0.406. The zero-order valence-corrected chi connectivity index (χ0v) is 22.2. The van der Waals surface area contributed by atoms with E-state index in [1.807, 2.05) is 48.5 Å². The van der Waals surface area contributed by atoms with Gasteiger partial charge < -0.3 is 19.3 Å². The van der Waals surface area contributed by atoms with Gasteiger partial charge in [0, 0.05) is 6.42 Å². The fourth-order valence-corrected chi connectivity index (χ4v) is 3.87. The Bertz CT molecular complexity index is 1040. The Kier molecular flexibility index (Phi) is 12.0. The molecule has 5 heteroatoms. The molecule has 198 valence electrons. The monoisotopic (exact) mass is 504 g/mol. The van der Waals surface area contributed by atoms with Crippen molar-refractivity contribution < 1.29 is 24.1 Å². The quantitative estimate of drug-likeness (QED) is 0.161. The first-order chi connectivity index (χ1) is 18.0. The van der Waals surface area contributed by atoms with Gasteiger partial charge in [-0.15, -0.1) is 0 Å². The van der Waals surface area contributed by atoms with Gasteiger partial charge in [0.05, 0.1) is 24.9 Å². The van der Waals surface area contributed by atoms with E-state index in [9.17, 15) is 9.90 Å². The SMILES string of the molecule is CCCCCCCCOc1ccc(-c2ccc(OCc3ccc(C(=O)OCCC(C)O)cc3)cc2)cc1. The molecule has 0 aromatic heterocycles. The molecule has 3 aromatic carbocycles. The number of hydrogen-bond acceptors (Lipinski definition) is 5. The first-order valence-corrected chi connectivity index (χ1v) is 13.5. The van der Waals surface area contributed by atoms with Crippen molar-refractivity contribution >= 4 is 5.97 Å². The molecular formula is C32H40O5. The Morgan fingerprint density at radius 1 is 0.730 bits per heavy atom. The van der Waals surface area contributed by atoms with Crippen LogP contribution in [0.3, 0.4) is 0 Å². The smallest absolute Gasteiger partial charge is 0.338 e. The van der Waals surface area contributed by atoms with Gasteiger partial charge in [-0.05, 0) is 66.4 Å². The molecule has 0 aliphatic heterocycles. The van der Waals surface area contributed by atoms with E-state index >= 15 is 0 Å². The zero-order chi connectivity index (χ0) is 26.3. The van der Waals surface area contributed by atoms with Crippen LogP contribution in [0.25, 0.3) is 11.1 Å². The van der Waals surface area contributed by atoms with Crippen LogP contribution in [0.15, 0.2) is 72.8 Å². The number of aliphatic hydroxyl groups is 1. The van der Waals surface area contributed by atoms with Crippen LogP contribution in [0.5, 0.6) is 11.5 Å². The van der Waals surface area contributed by atoms with Crippen LogP contribution in [-0.2, 0) is 11.3 Å². The van der Waals surface area contributed by atoms with E-state index in [4.69, 9.17) is 14.2 Å². The van der Waals surface area contributed by atoms with E-state index in [1.165, 1.54) is 32.1 Å². The second kappa shape index (κ2) is 15.7. The van der Waals surface area contributed by atoms with E-state index in [0.29, 0.717) is 18.6 Å². The van der Waals surface area contributed by atoms with E-state index in [-0.39, 0.29) is 12.6 Å². The summed E-state index contributed by atoms with van der Waals surface area (Å²) in [6.45, 7) is 5.29. The average Bonchev–Trinajstić information content (AvgIpc) is 2.92. The molecule has 0 spiro atoms. The van der Waals surface area contributed by atoms with Crippen LogP contribution >= 0.6 is 0 Å². The van der Waals surface area contributed by atoms with Gasteiger partial charge in [0.2, 0.25) is 0 Å². The molecule has 0 saturated heterocycles. The molecule has 0 fully saturated rings. The van der Waals surface area contributed by atoms with Crippen LogP contribution in [0.4, 0.5) is 0 Å². The number of rotatable bonds is 16. The predicted molar refractivity (Wildman–Crippen MR) is 148 cm³/mol. The number of unbranched alkanes of at least 4 members (excludes halogenated alkanes) is 5. The fourth-order valence-electron chi connectivity index (χ4n) is 3.87. The largest absolute Gasteiger partial charge is 0.494 e. The molecule has 3 rings (SSSR count). The maximum Gasteiger partial charge on any atom is 0.338 e. The molecule has 37 heavy (non-hydrogen) atoms. The normalized spacial score (nSPS) is 11.6. The predicted octanol–water partition coefficient (Wildman–Crippen LogP) is 7.60. The minimum atomic E-state index is -0.485. The highest BCUT2D eigenvalue weighted by atomic mass is 16.5. The summed E-state index contributed by atoms with van der Waals surface area (Å²) in [5, 5.41) is 9.26. The minimum Gasteiger partial charge on any atom is -0.494 e. The van der Waals surface area contributed by atoms with Crippen LogP contribution in [0.1, 0.15) is 74.7 Å². The van der Waals surface area contributed by atoms with Gasteiger partial charge in [-0.25, -0.2) is 4.79 Å². The molecule has 1 atom stereocenters. The number of benzene rings is 3. The molecule has 0 heterocycles. The maximum absolute atomic E-state index is 12.0. The van der Waals surface area contributed by atoms with Crippen molar-refractivity contribution in [2.24, 2.45) is 0 Å². The minimum absolute atomic E-state index is 0.203. The standard InChI is InChI=1S/C32H40O5/c1-3-4-5-6-7-8-22-35-30-17-13-27(14-18-30)28-15-19-31(20-16-28)37-24-26-9-11-29(12-10-26)32(34)36-23-21-25(2)33/h9-20,25,33H,3-8,21-24H2,1-2H3. The summed E-state index contributed by atoms with van der Waals surface area (Å²) < 4.78 is 17.0. The summed E-state index contributed by atoms with van der Waals surface area (Å²) in [4.78, 5) is 12.0. The Morgan fingerprint density at radius 2 is 1.30 bits per heavy atom. The number of esters is 1. The van der Waals surface area contributed by atoms with E-state index in [0.717, 1.165) is 41.2 Å². The molecule has 0 radical (unpaired) electrons. The summed E-state index contributed by atoms with van der Waals surface area (Å²) in [5.41, 5.74) is 3.70. The highest BCUT2D eigenvalue weighted by molar-refractivity contribution is 5.89. The number of ether oxygens (including phenoxy) is 3. The van der Waals surface area contributed by atoms with Gasteiger partial charge in [-0.3, -0.25) is 0 Å². The molecule has 5 nitrogen and oxygen atoms in total. The third kappa shape index (κ3) is 10.3. The van der Waals surface area contributed by atoms with E-state index < -0.39 is 6.10 Å². The molecule has 0 amide bonds. The Morgan fingerprint density at radius 3 is 1.89 bits per heavy atom. The number of carbonyl (C=O) groups is 1. The number of hydrogen-bond donors (Lipinski definition) is 1. The molecule has 0 aliphatic rings. The van der Waals surface area contributed by atoms with Gasteiger partial charge in [0.25, 0.3) is 0 Å². The average molecular weight is 505 g/mol. The lowest BCUT2D eigenvalue weighted by molar-refractivity contribution is 0.0444. The highest BCUT2D eigenvalue weighted by Crippen LogP contribution is 2.25. The van der Waals surface area contributed by atoms with Crippen LogP contribution < -0.4 is 9.47 Å². The molecule has 0 aliphatic carbocycles. The lowest BCUT2D eigenvalue weighted by atomic mass is 10.1. The van der Waals surface area contributed by atoms with Crippen LogP contribution in [0, 0.1) is 0 Å². The summed E-state index contributed by atoms with van der Waals surface area (Å²) in [5.74, 6) is 1.31. The van der Waals surface area contributed by atoms with Gasteiger partial charge >= 0.3 is 5.97 Å². The van der Waals surface area contributed by atoms with Gasteiger partial charge in [-0.1, -0.05) is 75.4 Å². The van der Waals surface area contributed by atoms with Crippen molar-refractivity contribution in [1.29, 1.82) is 0 Å². The van der Waals surface area contributed by atoms with Crippen molar-refractivity contribution in [2.75, 3.05) is 13.2 Å². The second-order valence-corrected chi connectivity index (χ2v) is 9.42. The maximum atomic E-state index is 12.0. The summed E-state index contributed by atoms with van der Waals surface area (Å²) >= 11 is 0. The highest BCUT2D eigenvalue weighted by Gasteiger charge is 2.08. The Hall–Kier alpha value is -3.31. The molecule has 1 unspecified atom stereocenters. The van der Waals surface area contributed by atoms with Gasteiger partial charge in [-0.2, -0.15) is 0 Å². The third-order valence-electron chi connectivity index (χ3n) is 6.17. The van der Waals surface area contributed by atoms with Crippen molar-refractivity contribution in [1.82, 2.24) is 0 Å². The molecule has 0 bridgehead atoms. The zero-order valence-electron chi connectivity index (χ0n) is 22.2. The topological polar surface area (TPSA) is 65.0 Å². The van der Waals surface area contributed by atoms with Crippen LogP contribution in [0.2, 0.25) is 0 Å². The lowest BCUT2D eigenvalue weighted by Gasteiger charge is -2.10. The lowest BCUT2D eigenvalue weighted by Crippen LogP contribution is -2.11. The Balaban J connectivity index is 1.41. The third-order valence-corrected chi connectivity index (χ3v) is 6.17. The first-order valence-electron chi connectivity index (χ1n) is 13.5. The van der Waals surface area contributed by atoms with E-state index in [1.54, 1.807) is 19.1 Å². The summed E-state index contributed by atoms with van der Waals surface area (Å²) in [6.07, 6.45) is 7.51. The van der Waals surface area contributed by atoms with Gasteiger partial charge in [0.1, 0.15) is 18.1 Å². The van der Waals surface area contributed by atoms with Crippen molar-refractivity contribution in [3.63, 3.8) is 0 Å². The van der Waals surface area contributed by atoms with E-state index in [2.05, 4.69) is 19.1 Å². The molecule has 1 N–H and O–H groups in total. The van der Waals surface area contributed by atoms with Crippen LogP contribution in [-0.4, -0.2) is 30.4 Å². The summed E-state index contributed by atoms with van der Waals surface area (Å²) in [7, 11) is 0. The van der Waals surface area contributed by atoms with Crippen molar-refractivity contribution in [3.05, 3.63) is 83.9 Å². The first kappa shape index (κ1) is 28.3. The van der Waals surface area contributed by atoms with Crippen molar-refractivity contribution in [2.45, 2.75) is 71.5 Å². The Labute approximate surface area is 221 Å². The second-order valence-electron chi connectivity index (χ2n) is 9.42.